The molecule has 6 heteroatoms. The first-order valence-corrected chi connectivity index (χ1v) is 6.56. The molecule has 0 aliphatic carbocycles. The summed E-state index contributed by atoms with van der Waals surface area (Å²) >= 11 is 0. The van der Waals surface area contributed by atoms with Crippen molar-refractivity contribution in [3.05, 3.63) is 35.4 Å². The lowest BCUT2D eigenvalue weighted by Crippen LogP contribution is -2.33. The highest BCUT2D eigenvalue weighted by atomic mass is 19.1. The van der Waals surface area contributed by atoms with Gasteiger partial charge in [-0.1, -0.05) is 6.07 Å². The number of hydrogen-bond donors (Lipinski definition) is 2. The van der Waals surface area contributed by atoms with Gasteiger partial charge in [0.05, 0.1) is 18.3 Å². The summed E-state index contributed by atoms with van der Waals surface area (Å²) in [6, 6.07) is 3.55. The van der Waals surface area contributed by atoms with E-state index in [9.17, 15) is 13.9 Å². The summed E-state index contributed by atoms with van der Waals surface area (Å²) in [6.07, 6.45) is -1.19. The lowest BCUT2D eigenvalue weighted by Gasteiger charge is -2.18. The maximum absolute atomic E-state index is 13.4. The fraction of sp³-hybridized carbons (Fsp3) is 0.571. The Morgan fingerprint density at radius 3 is 2.55 bits per heavy atom. The van der Waals surface area contributed by atoms with Crippen molar-refractivity contribution in [1.29, 1.82) is 0 Å². The van der Waals surface area contributed by atoms with Crippen molar-refractivity contribution < 1.29 is 18.6 Å². The van der Waals surface area contributed by atoms with Gasteiger partial charge in [0.2, 0.25) is 0 Å². The van der Waals surface area contributed by atoms with Gasteiger partial charge in [0.15, 0.2) is 0 Å². The molecular weight excluding hydrogens is 266 g/mol. The first-order valence-electron chi connectivity index (χ1n) is 6.56. The number of likely N-dealkylation sites (N-methyl/N-ethyl adjacent to an activating group) is 1. The molecule has 4 nitrogen and oxygen atoms in total. The molecule has 0 saturated carbocycles. The molecule has 1 aromatic carbocycles. The van der Waals surface area contributed by atoms with Gasteiger partial charge in [-0.25, -0.2) is 8.78 Å². The second-order valence-corrected chi connectivity index (χ2v) is 4.65. The average molecular weight is 288 g/mol. The summed E-state index contributed by atoms with van der Waals surface area (Å²) in [4.78, 5) is 2.06. The van der Waals surface area contributed by atoms with Crippen molar-refractivity contribution in [1.82, 2.24) is 10.2 Å². The lowest BCUT2D eigenvalue weighted by atomic mass is 10.1. The van der Waals surface area contributed by atoms with Gasteiger partial charge >= 0.3 is 0 Å². The Labute approximate surface area is 118 Å². The van der Waals surface area contributed by atoms with Crippen LogP contribution in [0.4, 0.5) is 8.78 Å². The molecule has 1 rings (SSSR count). The molecule has 0 saturated heterocycles. The van der Waals surface area contributed by atoms with Crippen molar-refractivity contribution >= 4 is 0 Å². The summed E-state index contributed by atoms with van der Waals surface area (Å²) in [6.45, 7) is 2.95. The number of hydrogen-bond acceptors (Lipinski definition) is 4. The predicted molar refractivity (Wildman–Crippen MR) is 73.6 cm³/mol. The molecule has 0 heterocycles. The van der Waals surface area contributed by atoms with Gasteiger partial charge in [-0.2, -0.15) is 0 Å². The quantitative estimate of drug-likeness (QED) is 0.670. The topological polar surface area (TPSA) is 44.7 Å². The SMILES string of the molecule is COCCN(C)CCNCC(O)c1c(F)cccc1F. The second-order valence-electron chi connectivity index (χ2n) is 4.65. The molecule has 1 unspecified atom stereocenters. The monoisotopic (exact) mass is 288 g/mol. The number of rotatable bonds is 9. The van der Waals surface area contributed by atoms with Gasteiger partial charge < -0.3 is 20.1 Å². The van der Waals surface area contributed by atoms with Crippen LogP contribution in [0.1, 0.15) is 11.7 Å². The minimum absolute atomic E-state index is 0.107. The van der Waals surface area contributed by atoms with E-state index >= 15 is 0 Å². The van der Waals surface area contributed by atoms with Crippen molar-refractivity contribution in [3.8, 4) is 0 Å². The molecule has 114 valence electrons. The van der Waals surface area contributed by atoms with Gasteiger partial charge in [0.25, 0.3) is 0 Å². The molecule has 1 aromatic rings. The summed E-state index contributed by atoms with van der Waals surface area (Å²) < 4.78 is 31.8. The molecule has 0 amide bonds. The Balaban J connectivity index is 2.31. The van der Waals surface area contributed by atoms with E-state index in [2.05, 4.69) is 10.2 Å². The zero-order valence-corrected chi connectivity index (χ0v) is 11.9. The summed E-state index contributed by atoms with van der Waals surface area (Å²) in [5.74, 6) is -1.45. The van der Waals surface area contributed by atoms with Crippen LogP contribution in [-0.2, 0) is 4.74 Å². The number of nitrogens with zero attached hydrogens (tertiary/aromatic N) is 1. The van der Waals surface area contributed by atoms with Crippen molar-refractivity contribution in [2.75, 3.05) is 46.9 Å². The molecule has 0 spiro atoms. The Morgan fingerprint density at radius 2 is 1.95 bits per heavy atom. The summed E-state index contributed by atoms with van der Waals surface area (Å²) in [7, 11) is 3.60. The van der Waals surface area contributed by atoms with Crippen LogP contribution in [0.2, 0.25) is 0 Å². The molecule has 0 aromatic heterocycles. The van der Waals surface area contributed by atoms with Crippen LogP contribution in [0.25, 0.3) is 0 Å². The van der Waals surface area contributed by atoms with Crippen molar-refractivity contribution in [3.63, 3.8) is 0 Å². The van der Waals surface area contributed by atoms with Gasteiger partial charge in [-0.05, 0) is 19.2 Å². The average Bonchev–Trinajstić information content (AvgIpc) is 2.41. The molecule has 0 radical (unpaired) electrons. The third kappa shape index (κ3) is 5.50. The predicted octanol–water partition coefficient (Wildman–Crippen LogP) is 1.17. The molecule has 1 atom stereocenters. The maximum atomic E-state index is 13.4. The molecule has 0 bridgehead atoms. The fourth-order valence-corrected chi connectivity index (χ4v) is 1.80. The van der Waals surface area contributed by atoms with Crippen LogP contribution >= 0.6 is 0 Å². The van der Waals surface area contributed by atoms with E-state index in [1.54, 1.807) is 7.11 Å². The van der Waals surface area contributed by atoms with Gasteiger partial charge in [-0.15, -0.1) is 0 Å². The smallest absolute Gasteiger partial charge is 0.131 e. The zero-order valence-electron chi connectivity index (χ0n) is 11.9. The van der Waals surface area contributed by atoms with Gasteiger partial charge in [0, 0.05) is 33.3 Å². The van der Waals surface area contributed by atoms with Gasteiger partial charge in [0.1, 0.15) is 11.6 Å². The molecule has 0 fully saturated rings. The number of ether oxygens (including phenoxy) is 1. The van der Waals surface area contributed by atoms with E-state index in [0.717, 1.165) is 25.2 Å². The Hall–Kier alpha value is -1.08. The van der Waals surface area contributed by atoms with E-state index < -0.39 is 17.7 Å². The normalized spacial score (nSPS) is 12.9. The number of methoxy groups -OCH3 is 1. The lowest BCUT2D eigenvalue weighted by molar-refractivity contribution is 0.153. The zero-order chi connectivity index (χ0) is 15.0. The third-order valence-corrected chi connectivity index (χ3v) is 3.02. The Kier molecular flexibility index (Phi) is 7.61. The fourth-order valence-electron chi connectivity index (χ4n) is 1.80. The Morgan fingerprint density at radius 1 is 1.30 bits per heavy atom. The first kappa shape index (κ1) is 17.0. The summed E-state index contributed by atoms with van der Waals surface area (Å²) in [5, 5.41) is 12.8. The largest absolute Gasteiger partial charge is 0.387 e. The summed E-state index contributed by atoms with van der Waals surface area (Å²) in [5.41, 5.74) is -0.285. The standard InChI is InChI=1S/C14H22F2N2O2/c1-18(8-9-20-2)7-6-17-10-13(19)14-11(15)4-3-5-12(14)16/h3-5,13,17,19H,6-10H2,1-2H3. The number of aliphatic hydroxyl groups is 1. The van der Waals surface area contributed by atoms with E-state index in [4.69, 9.17) is 4.74 Å². The number of halogens is 2. The minimum atomic E-state index is -1.19. The van der Waals surface area contributed by atoms with Crippen LogP contribution in [0.15, 0.2) is 18.2 Å². The number of benzene rings is 1. The van der Waals surface area contributed by atoms with Crippen molar-refractivity contribution in [2.45, 2.75) is 6.10 Å². The second kappa shape index (κ2) is 8.97. The molecular formula is C14H22F2N2O2. The third-order valence-electron chi connectivity index (χ3n) is 3.02. The highest BCUT2D eigenvalue weighted by molar-refractivity contribution is 5.22. The molecule has 2 N–H and O–H groups in total. The highest BCUT2D eigenvalue weighted by Gasteiger charge is 2.17. The van der Waals surface area contributed by atoms with E-state index in [1.807, 2.05) is 7.05 Å². The van der Waals surface area contributed by atoms with E-state index in [1.165, 1.54) is 6.07 Å². The minimum Gasteiger partial charge on any atom is -0.387 e. The number of aliphatic hydroxyl groups excluding tert-OH is 1. The highest BCUT2D eigenvalue weighted by Crippen LogP contribution is 2.19. The van der Waals surface area contributed by atoms with Gasteiger partial charge in [-0.3, -0.25) is 0 Å². The van der Waals surface area contributed by atoms with Crippen LogP contribution in [0.5, 0.6) is 0 Å². The number of nitrogens with one attached hydrogen (secondary N) is 1. The van der Waals surface area contributed by atoms with Crippen LogP contribution in [0, 0.1) is 11.6 Å². The first-order chi connectivity index (χ1) is 9.56. The van der Waals surface area contributed by atoms with E-state index in [0.29, 0.717) is 13.2 Å². The maximum Gasteiger partial charge on any atom is 0.131 e. The van der Waals surface area contributed by atoms with Crippen LogP contribution in [-0.4, -0.2) is 56.9 Å². The van der Waals surface area contributed by atoms with Crippen molar-refractivity contribution in [2.24, 2.45) is 0 Å². The van der Waals surface area contributed by atoms with Crippen LogP contribution < -0.4 is 5.32 Å². The molecule has 20 heavy (non-hydrogen) atoms. The molecule has 0 aliphatic heterocycles. The van der Waals surface area contributed by atoms with E-state index in [-0.39, 0.29) is 12.1 Å². The Bertz CT molecular complexity index is 385. The van der Waals surface area contributed by atoms with Crippen LogP contribution in [0.3, 0.4) is 0 Å². The molecule has 0 aliphatic rings.